The average Bonchev–Trinajstić information content (AvgIpc) is 2.77. The monoisotopic (exact) mass is 387 g/mol. The number of pyridine rings is 1. The van der Waals surface area contributed by atoms with Gasteiger partial charge < -0.3 is 9.80 Å². The van der Waals surface area contributed by atoms with E-state index in [0.29, 0.717) is 18.9 Å². The van der Waals surface area contributed by atoms with Crippen LogP contribution in [0.4, 0.5) is 5.82 Å². The highest BCUT2D eigenvalue weighted by atomic mass is 16.2. The van der Waals surface area contributed by atoms with Crippen LogP contribution in [-0.4, -0.2) is 45.9 Å². The van der Waals surface area contributed by atoms with Crippen molar-refractivity contribution in [2.24, 2.45) is 0 Å². The molecule has 4 rings (SSSR count). The van der Waals surface area contributed by atoms with Gasteiger partial charge in [-0.2, -0.15) is 0 Å². The molecule has 29 heavy (non-hydrogen) atoms. The number of hydrogen-bond donors (Lipinski definition) is 0. The number of carbonyl (C=O) groups excluding carboxylic acids is 1. The highest BCUT2D eigenvalue weighted by molar-refractivity contribution is 5.74. The summed E-state index contributed by atoms with van der Waals surface area (Å²) in [4.78, 5) is 29.8. The van der Waals surface area contributed by atoms with Crippen LogP contribution in [0.2, 0.25) is 0 Å². The molecule has 148 valence electrons. The molecule has 6 heteroatoms. The third-order valence-corrected chi connectivity index (χ3v) is 5.37. The number of fused-ring (bicyclic) bond motifs is 1. The molecular weight excluding hydrogens is 362 g/mol. The molecular formula is C23H25N5O. The molecule has 0 fully saturated rings. The summed E-state index contributed by atoms with van der Waals surface area (Å²) in [6.07, 6.45) is 5.22. The zero-order chi connectivity index (χ0) is 20.2. The Morgan fingerprint density at radius 3 is 2.59 bits per heavy atom. The van der Waals surface area contributed by atoms with Crippen LogP contribution in [0.3, 0.4) is 0 Å². The number of rotatable bonds is 5. The first-order valence-electron chi connectivity index (χ1n) is 9.92. The largest absolute Gasteiger partial charge is 0.359 e. The van der Waals surface area contributed by atoms with Gasteiger partial charge >= 0.3 is 0 Å². The summed E-state index contributed by atoms with van der Waals surface area (Å²) in [5.74, 6) is 1.72. The molecule has 1 aliphatic rings. The lowest BCUT2D eigenvalue weighted by Crippen LogP contribution is -2.36. The average molecular weight is 387 g/mol. The molecule has 0 saturated carbocycles. The topological polar surface area (TPSA) is 62.2 Å². The molecule has 6 nitrogen and oxygen atoms in total. The Morgan fingerprint density at radius 1 is 1.10 bits per heavy atom. The van der Waals surface area contributed by atoms with Crippen LogP contribution in [0, 0.1) is 0 Å². The fourth-order valence-corrected chi connectivity index (χ4v) is 3.67. The number of hydrogen-bond acceptors (Lipinski definition) is 5. The Hall–Kier alpha value is -3.28. The van der Waals surface area contributed by atoms with Gasteiger partial charge in [-0.15, -0.1) is 0 Å². The molecule has 3 heterocycles. The van der Waals surface area contributed by atoms with Gasteiger partial charge in [-0.25, -0.2) is 9.97 Å². The van der Waals surface area contributed by atoms with Crippen LogP contribution in [0.15, 0.2) is 54.9 Å². The minimum Gasteiger partial charge on any atom is -0.359 e. The van der Waals surface area contributed by atoms with Crippen LogP contribution < -0.4 is 4.90 Å². The first kappa shape index (κ1) is 19.1. The summed E-state index contributed by atoms with van der Waals surface area (Å²) < 4.78 is 0. The number of amides is 1. The second-order valence-corrected chi connectivity index (χ2v) is 7.38. The van der Waals surface area contributed by atoms with Crippen molar-refractivity contribution in [3.63, 3.8) is 0 Å². The summed E-state index contributed by atoms with van der Waals surface area (Å²) in [7, 11) is 2.08. The smallest absolute Gasteiger partial charge is 0.219 e. The van der Waals surface area contributed by atoms with E-state index in [1.165, 1.54) is 5.56 Å². The molecule has 1 aromatic carbocycles. The number of benzene rings is 1. The normalized spacial score (nSPS) is 13.1. The van der Waals surface area contributed by atoms with Crippen molar-refractivity contribution in [3.8, 4) is 11.4 Å². The minimum absolute atomic E-state index is 0.0821. The second-order valence-electron chi connectivity index (χ2n) is 7.38. The van der Waals surface area contributed by atoms with Crippen LogP contribution in [0.1, 0.15) is 23.7 Å². The third kappa shape index (κ3) is 4.26. The SMILES string of the molecule is CC(=O)N1CCc2c(nc(-c3ccncc3)nc2N(C)CCc2ccccc2)C1. The van der Waals surface area contributed by atoms with Gasteiger partial charge in [-0.1, -0.05) is 30.3 Å². The molecule has 0 aliphatic carbocycles. The van der Waals surface area contributed by atoms with E-state index >= 15 is 0 Å². The lowest BCUT2D eigenvalue weighted by Gasteiger charge is -2.31. The first-order valence-corrected chi connectivity index (χ1v) is 9.92. The maximum absolute atomic E-state index is 11.9. The lowest BCUT2D eigenvalue weighted by molar-refractivity contribution is -0.129. The van der Waals surface area contributed by atoms with Gasteiger partial charge in [0.05, 0.1) is 12.2 Å². The van der Waals surface area contributed by atoms with Gasteiger partial charge in [0.2, 0.25) is 5.91 Å². The third-order valence-electron chi connectivity index (χ3n) is 5.37. The summed E-state index contributed by atoms with van der Waals surface area (Å²) in [5, 5.41) is 0. The number of carbonyl (C=O) groups is 1. The Kier molecular flexibility index (Phi) is 5.51. The van der Waals surface area contributed by atoms with Crippen molar-refractivity contribution in [2.75, 3.05) is 25.0 Å². The zero-order valence-corrected chi connectivity index (χ0v) is 16.9. The highest BCUT2D eigenvalue weighted by Gasteiger charge is 2.25. The van der Waals surface area contributed by atoms with Crippen molar-refractivity contribution in [2.45, 2.75) is 26.3 Å². The molecule has 0 bridgehead atoms. The molecule has 0 atom stereocenters. The molecule has 1 aliphatic heterocycles. The standard InChI is InChI=1S/C23H25N5O/c1-17(29)28-15-11-20-21(16-28)25-22(19-8-12-24-13-9-19)26-23(20)27(2)14-10-18-6-4-3-5-7-18/h3-9,12-13H,10-11,14-16H2,1-2H3. The van der Waals surface area contributed by atoms with Crippen LogP contribution in [0.5, 0.6) is 0 Å². The van der Waals surface area contributed by atoms with Crippen LogP contribution in [-0.2, 0) is 24.2 Å². The quantitative estimate of drug-likeness (QED) is 0.673. The van der Waals surface area contributed by atoms with E-state index < -0.39 is 0 Å². The van der Waals surface area contributed by atoms with E-state index in [2.05, 4.69) is 41.2 Å². The molecule has 0 saturated heterocycles. The molecule has 0 radical (unpaired) electrons. The van der Waals surface area contributed by atoms with Gasteiger partial charge in [0.15, 0.2) is 5.82 Å². The predicted octanol–water partition coefficient (Wildman–Crippen LogP) is 3.12. The molecule has 2 aromatic heterocycles. The Balaban J connectivity index is 1.68. The molecule has 0 spiro atoms. The summed E-state index contributed by atoms with van der Waals surface area (Å²) in [5.41, 5.74) is 4.32. The van der Waals surface area contributed by atoms with E-state index in [1.54, 1.807) is 19.3 Å². The van der Waals surface area contributed by atoms with Crippen molar-refractivity contribution >= 4 is 11.7 Å². The van der Waals surface area contributed by atoms with Gasteiger partial charge in [0, 0.05) is 50.6 Å². The second kappa shape index (κ2) is 8.39. The van der Waals surface area contributed by atoms with Gasteiger partial charge in [-0.3, -0.25) is 9.78 Å². The van der Waals surface area contributed by atoms with Crippen molar-refractivity contribution in [3.05, 3.63) is 71.7 Å². The maximum atomic E-state index is 11.9. The first-order chi connectivity index (χ1) is 14.1. The van der Waals surface area contributed by atoms with Crippen molar-refractivity contribution in [1.82, 2.24) is 19.9 Å². The summed E-state index contributed by atoms with van der Waals surface area (Å²) in [6.45, 7) is 3.72. The summed E-state index contributed by atoms with van der Waals surface area (Å²) >= 11 is 0. The Bertz CT molecular complexity index is 991. The van der Waals surface area contributed by atoms with Gasteiger partial charge in [0.1, 0.15) is 5.82 Å². The highest BCUT2D eigenvalue weighted by Crippen LogP contribution is 2.29. The van der Waals surface area contributed by atoms with E-state index in [4.69, 9.17) is 9.97 Å². The van der Waals surface area contributed by atoms with E-state index in [0.717, 1.165) is 42.0 Å². The summed E-state index contributed by atoms with van der Waals surface area (Å²) in [6, 6.07) is 14.3. The van der Waals surface area contributed by atoms with Crippen molar-refractivity contribution in [1.29, 1.82) is 0 Å². The van der Waals surface area contributed by atoms with E-state index in [-0.39, 0.29) is 5.91 Å². The van der Waals surface area contributed by atoms with Crippen LogP contribution in [0.25, 0.3) is 11.4 Å². The number of anilines is 1. The fraction of sp³-hybridized carbons (Fsp3) is 0.304. The molecule has 1 amide bonds. The molecule has 3 aromatic rings. The lowest BCUT2D eigenvalue weighted by atomic mass is 10.0. The zero-order valence-electron chi connectivity index (χ0n) is 16.9. The Morgan fingerprint density at radius 2 is 1.86 bits per heavy atom. The van der Waals surface area contributed by atoms with Crippen molar-refractivity contribution < 1.29 is 4.79 Å². The van der Waals surface area contributed by atoms with Gasteiger partial charge in [0.25, 0.3) is 0 Å². The van der Waals surface area contributed by atoms with Gasteiger partial charge in [-0.05, 0) is 30.5 Å². The fourth-order valence-electron chi connectivity index (χ4n) is 3.67. The number of nitrogens with zero attached hydrogens (tertiary/aromatic N) is 5. The minimum atomic E-state index is 0.0821. The molecule has 0 N–H and O–H groups in total. The Labute approximate surface area is 171 Å². The van der Waals surface area contributed by atoms with Crippen LogP contribution >= 0.6 is 0 Å². The molecule has 0 unspecified atom stereocenters. The number of likely N-dealkylation sites (N-methyl/N-ethyl adjacent to an activating group) is 1. The van der Waals surface area contributed by atoms with E-state index in [1.807, 2.05) is 23.1 Å². The maximum Gasteiger partial charge on any atom is 0.219 e. The predicted molar refractivity (Wildman–Crippen MR) is 113 cm³/mol. The van der Waals surface area contributed by atoms with E-state index in [9.17, 15) is 4.79 Å². The number of aromatic nitrogens is 3.